The van der Waals surface area contributed by atoms with Crippen molar-refractivity contribution in [2.75, 3.05) is 19.8 Å². The Morgan fingerprint density at radius 2 is 1.00 bits per heavy atom. The van der Waals surface area contributed by atoms with Crippen LogP contribution < -0.4 is 0 Å². The fourth-order valence-corrected chi connectivity index (χ4v) is 3.30. The number of ether oxygens (including phenoxy) is 2. The molecule has 0 aliphatic rings. The van der Waals surface area contributed by atoms with Crippen LogP contribution in [0.4, 0.5) is 0 Å². The van der Waals surface area contributed by atoms with Crippen LogP contribution >= 0.6 is 0 Å². The van der Waals surface area contributed by atoms with Crippen LogP contribution in [0.5, 0.6) is 0 Å². The lowest BCUT2D eigenvalue weighted by molar-refractivity contribution is -0.144. The highest BCUT2D eigenvalue weighted by Crippen LogP contribution is 2.13. The average Bonchev–Trinajstić information content (AvgIpc) is 2.75. The molecule has 0 aliphatic carbocycles. The summed E-state index contributed by atoms with van der Waals surface area (Å²) in [5.74, 6) is -0.995. The van der Waals surface area contributed by atoms with E-state index in [0.29, 0.717) is 25.9 Å². The molecule has 1 N–H and O–H groups in total. The summed E-state index contributed by atoms with van der Waals surface area (Å²) >= 11 is 0. The van der Waals surface area contributed by atoms with E-state index in [0.717, 1.165) is 26.1 Å². The molecule has 0 aliphatic heterocycles. The Kier molecular flexibility index (Phi) is 29.9. The normalized spacial score (nSPS) is 10.4. The molecule has 0 bridgehead atoms. The molecule has 0 unspecified atom stereocenters. The van der Waals surface area contributed by atoms with Crippen molar-refractivity contribution in [3.05, 3.63) is 0 Å². The van der Waals surface area contributed by atoms with Gasteiger partial charge < -0.3 is 14.6 Å². The van der Waals surface area contributed by atoms with Crippen LogP contribution in [0.25, 0.3) is 0 Å². The summed E-state index contributed by atoms with van der Waals surface area (Å²) in [4.78, 5) is 21.8. The van der Waals surface area contributed by atoms with Gasteiger partial charge in [0.05, 0.1) is 6.61 Å². The van der Waals surface area contributed by atoms with Crippen molar-refractivity contribution in [3.8, 4) is 0 Å². The molecule has 0 amide bonds. The molecule has 5 heteroatoms. The second-order valence-electron chi connectivity index (χ2n) is 8.20. The number of carboxylic acid groups (broad SMARTS) is 1. The number of carbonyl (C=O) groups excluding carboxylic acids is 1. The Morgan fingerprint density at radius 1 is 0.581 bits per heavy atom. The molecule has 0 aromatic carbocycles. The highest BCUT2D eigenvalue weighted by Gasteiger charge is 2.04. The Balaban J connectivity index is 0. The minimum Gasteiger partial charge on any atom is -0.481 e. The lowest BCUT2D eigenvalue weighted by Gasteiger charge is -2.05. The Hall–Kier alpha value is -1.10. The summed E-state index contributed by atoms with van der Waals surface area (Å²) in [5.41, 5.74) is 0. The van der Waals surface area contributed by atoms with E-state index in [9.17, 15) is 9.59 Å². The first kappa shape index (κ1) is 32.1. The van der Waals surface area contributed by atoms with Gasteiger partial charge in [-0.15, -0.1) is 0 Å². The van der Waals surface area contributed by atoms with E-state index in [2.05, 4.69) is 6.92 Å². The number of aliphatic carboxylic acids is 1. The predicted molar refractivity (Wildman–Crippen MR) is 130 cm³/mol. The van der Waals surface area contributed by atoms with Gasteiger partial charge in [-0.3, -0.25) is 9.59 Å². The minimum atomic E-state index is -0.805. The molecule has 31 heavy (non-hydrogen) atoms. The zero-order valence-electron chi connectivity index (χ0n) is 20.9. The monoisotopic (exact) mass is 444 g/mol. The predicted octanol–water partition coefficient (Wildman–Crippen LogP) is 7.70. The first-order valence-electron chi connectivity index (χ1n) is 13.0. The molecule has 5 nitrogen and oxygen atoms in total. The summed E-state index contributed by atoms with van der Waals surface area (Å²) in [5, 5.41) is 8.51. The largest absolute Gasteiger partial charge is 0.481 e. The van der Waals surface area contributed by atoms with Gasteiger partial charge in [0.15, 0.2) is 0 Å². The molecule has 0 spiro atoms. The number of unbranched alkanes of at least 4 members (excludes halogenated alkanes) is 14. The first-order chi connectivity index (χ1) is 15.1. The molecule has 0 fully saturated rings. The van der Waals surface area contributed by atoms with Gasteiger partial charge in [0.2, 0.25) is 0 Å². The van der Waals surface area contributed by atoms with Crippen molar-refractivity contribution in [3.63, 3.8) is 0 Å². The third-order valence-electron chi connectivity index (χ3n) is 5.19. The van der Waals surface area contributed by atoms with E-state index >= 15 is 0 Å². The van der Waals surface area contributed by atoms with Crippen LogP contribution in [-0.4, -0.2) is 36.9 Å². The first-order valence-corrected chi connectivity index (χ1v) is 13.0. The Bertz CT molecular complexity index is 369. The summed E-state index contributed by atoms with van der Waals surface area (Å²) in [6, 6.07) is 0. The summed E-state index contributed by atoms with van der Waals surface area (Å²) < 4.78 is 10.0. The molecule has 186 valence electrons. The quantitative estimate of drug-likeness (QED) is 0.137. The van der Waals surface area contributed by atoms with E-state index in [4.69, 9.17) is 14.6 Å². The third-order valence-corrected chi connectivity index (χ3v) is 5.19. The van der Waals surface area contributed by atoms with Gasteiger partial charge in [0.25, 0.3) is 0 Å². The van der Waals surface area contributed by atoms with E-state index in [1.165, 1.54) is 77.0 Å². The van der Waals surface area contributed by atoms with E-state index in [1.807, 2.05) is 13.8 Å². The van der Waals surface area contributed by atoms with Crippen LogP contribution in [0, 0.1) is 0 Å². The molecule has 0 heterocycles. The highest BCUT2D eigenvalue weighted by atomic mass is 16.5. The van der Waals surface area contributed by atoms with E-state index in [1.54, 1.807) is 0 Å². The van der Waals surface area contributed by atoms with Crippen LogP contribution in [0.2, 0.25) is 0 Å². The minimum absolute atomic E-state index is 0.131. The SMILES string of the molecule is CCCCCCCCCCCCCCCCOC(=O)CCCCC(=O)O.CCOCC. The van der Waals surface area contributed by atoms with Gasteiger partial charge in [-0.05, 0) is 33.1 Å². The van der Waals surface area contributed by atoms with Crippen molar-refractivity contribution >= 4 is 11.9 Å². The number of hydrogen-bond acceptors (Lipinski definition) is 4. The molecule has 0 saturated carbocycles. The molecular weight excluding hydrogens is 392 g/mol. The Labute approximate surface area is 192 Å². The number of rotatable bonds is 22. The number of hydrogen-bond donors (Lipinski definition) is 1. The lowest BCUT2D eigenvalue weighted by Crippen LogP contribution is -2.06. The van der Waals surface area contributed by atoms with Gasteiger partial charge in [-0.2, -0.15) is 0 Å². The topological polar surface area (TPSA) is 72.8 Å². The maximum Gasteiger partial charge on any atom is 0.305 e. The number of carbonyl (C=O) groups is 2. The van der Waals surface area contributed by atoms with Gasteiger partial charge in [-0.25, -0.2) is 0 Å². The van der Waals surface area contributed by atoms with Gasteiger partial charge in [-0.1, -0.05) is 90.4 Å². The van der Waals surface area contributed by atoms with Gasteiger partial charge >= 0.3 is 11.9 Å². The van der Waals surface area contributed by atoms with E-state index in [-0.39, 0.29) is 12.4 Å². The van der Waals surface area contributed by atoms with Crippen LogP contribution in [0.15, 0.2) is 0 Å². The fourth-order valence-electron chi connectivity index (χ4n) is 3.30. The molecular formula is C26H52O5. The summed E-state index contributed by atoms with van der Waals surface area (Å²) in [7, 11) is 0. The molecule has 0 atom stereocenters. The zero-order chi connectivity index (χ0) is 23.4. The van der Waals surface area contributed by atoms with E-state index < -0.39 is 5.97 Å². The zero-order valence-corrected chi connectivity index (χ0v) is 20.9. The smallest absolute Gasteiger partial charge is 0.305 e. The number of carboxylic acids is 1. The van der Waals surface area contributed by atoms with Crippen LogP contribution in [0.3, 0.4) is 0 Å². The molecule has 0 aromatic heterocycles. The second-order valence-corrected chi connectivity index (χ2v) is 8.20. The lowest BCUT2D eigenvalue weighted by atomic mass is 10.0. The van der Waals surface area contributed by atoms with Crippen molar-refractivity contribution in [1.82, 2.24) is 0 Å². The van der Waals surface area contributed by atoms with Crippen molar-refractivity contribution in [2.24, 2.45) is 0 Å². The average molecular weight is 445 g/mol. The third kappa shape index (κ3) is 33.7. The maximum absolute atomic E-state index is 11.5. The summed E-state index contributed by atoms with van der Waals surface area (Å²) in [6.07, 6.45) is 20.1. The van der Waals surface area contributed by atoms with Crippen molar-refractivity contribution in [2.45, 2.75) is 136 Å². The van der Waals surface area contributed by atoms with Crippen LogP contribution in [0.1, 0.15) is 136 Å². The van der Waals surface area contributed by atoms with Crippen molar-refractivity contribution in [1.29, 1.82) is 0 Å². The molecule has 0 saturated heterocycles. The molecule has 0 aromatic rings. The summed E-state index contributed by atoms with van der Waals surface area (Å²) in [6.45, 7) is 8.44. The fraction of sp³-hybridized carbons (Fsp3) is 0.923. The second kappa shape index (κ2) is 28.9. The molecule has 0 radical (unpaired) electrons. The maximum atomic E-state index is 11.5. The van der Waals surface area contributed by atoms with Gasteiger partial charge in [0.1, 0.15) is 0 Å². The highest BCUT2D eigenvalue weighted by molar-refractivity contribution is 5.69. The van der Waals surface area contributed by atoms with Crippen molar-refractivity contribution < 1.29 is 24.2 Å². The molecule has 0 rings (SSSR count). The standard InChI is InChI=1S/C22H42O4.C4H10O/c1-2-3-4-5-6-7-8-9-10-11-12-13-14-17-20-26-22(25)19-16-15-18-21(23)24;1-3-5-4-2/h2-20H2,1H3,(H,23,24);3-4H2,1-2H3. The number of esters is 1. The van der Waals surface area contributed by atoms with Gasteiger partial charge in [0, 0.05) is 26.1 Å². The van der Waals surface area contributed by atoms with Crippen LogP contribution in [-0.2, 0) is 19.1 Å². The Morgan fingerprint density at radius 3 is 1.39 bits per heavy atom.